The maximum absolute atomic E-state index is 12.9. The van der Waals surface area contributed by atoms with Crippen LogP contribution in [0.25, 0.3) is 11.2 Å². The van der Waals surface area contributed by atoms with Crippen LogP contribution in [0.3, 0.4) is 0 Å². The Morgan fingerprint density at radius 1 is 1.17 bits per heavy atom. The fourth-order valence-corrected chi connectivity index (χ4v) is 3.22. The van der Waals surface area contributed by atoms with Crippen LogP contribution in [-0.2, 0) is 36.3 Å². The van der Waals surface area contributed by atoms with Gasteiger partial charge in [-0.3, -0.25) is 23.5 Å². The number of imidazole rings is 1. The number of carbonyl (C=O) groups excluding carboxylic acids is 2. The van der Waals surface area contributed by atoms with E-state index in [2.05, 4.69) is 31.2 Å². The molecule has 1 amide bonds. The number of nitrogens with one attached hydrogen (secondary N) is 1. The number of rotatable bonds is 6. The van der Waals surface area contributed by atoms with Crippen LogP contribution in [0.15, 0.2) is 32.4 Å². The Balaban J connectivity index is 2.10. The summed E-state index contributed by atoms with van der Waals surface area (Å²) in [7, 11) is 1.39. The Bertz CT molecular complexity index is 1240. The smallest absolute Gasteiger partial charge is 0.332 e. The number of pyridine rings is 1. The third-order valence-electron chi connectivity index (χ3n) is 4.12. The minimum absolute atomic E-state index is 0.0113. The summed E-state index contributed by atoms with van der Waals surface area (Å²) < 4.78 is 3.63. The number of hydrogen-bond donors (Lipinski definition) is 2. The van der Waals surface area contributed by atoms with Crippen LogP contribution in [0.5, 0.6) is 0 Å². The molecule has 0 aliphatic carbocycles. The van der Waals surface area contributed by atoms with Crippen molar-refractivity contribution in [2.24, 2.45) is 7.05 Å². The summed E-state index contributed by atoms with van der Waals surface area (Å²) in [6.07, 6.45) is 0. The lowest BCUT2D eigenvalue weighted by Gasteiger charge is -2.10. The fraction of sp³-hybridized carbons (Fsp3) is 0.294. The van der Waals surface area contributed by atoms with Crippen molar-refractivity contribution in [1.82, 2.24) is 23.7 Å². The predicted molar refractivity (Wildman–Crippen MR) is 106 cm³/mol. The summed E-state index contributed by atoms with van der Waals surface area (Å²) in [4.78, 5) is 57.5. The second kappa shape index (κ2) is 8.09. The van der Waals surface area contributed by atoms with Gasteiger partial charge in [-0.25, -0.2) is 14.8 Å². The molecule has 3 aromatic heterocycles. The summed E-state index contributed by atoms with van der Waals surface area (Å²) >= 11 is 3.21. The molecule has 152 valence electrons. The SMILES string of the molecule is CC(=O)Cn1c(=O)c2c(nc(CO)n2CC(=O)Nc2cccc(Br)n2)n(C)c1=O. The van der Waals surface area contributed by atoms with Gasteiger partial charge in [0, 0.05) is 7.05 Å². The number of aromatic nitrogens is 5. The lowest BCUT2D eigenvalue weighted by Crippen LogP contribution is -2.41. The Hall–Kier alpha value is -3.12. The number of nitrogens with zero attached hydrogens (tertiary/aromatic N) is 5. The fourth-order valence-electron chi connectivity index (χ4n) is 2.87. The van der Waals surface area contributed by atoms with Crippen LogP contribution in [0.1, 0.15) is 12.7 Å². The van der Waals surface area contributed by atoms with Gasteiger partial charge in [0.05, 0.1) is 6.54 Å². The van der Waals surface area contributed by atoms with Crippen LogP contribution in [0.2, 0.25) is 0 Å². The zero-order valence-electron chi connectivity index (χ0n) is 15.5. The molecule has 0 aliphatic rings. The first-order valence-electron chi connectivity index (χ1n) is 8.44. The molecule has 2 N–H and O–H groups in total. The third-order valence-corrected chi connectivity index (χ3v) is 4.56. The number of Topliss-reactive ketones (excluding diaryl/α,β-unsaturated/α-hetero) is 1. The highest BCUT2D eigenvalue weighted by atomic mass is 79.9. The molecule has 0 saturated heterocycles. The average Bonchev–Trinajstić information content (AvgIpc) is 3.01. The van der Waals surface area contributed by atoms with E-state index in [-0.39, 0.29) is 29.3 Å². The number of fused-ring (bicyclic) bond motifs is 1. The van der Waals surface area contributed by atoms with Gasteiger partial charge < -0.3 is 15.0 Å². The van der Waals surface area contributed by atoms with Gasteiger partial charge in [0.25, 0.3) is 5.56 Å². The van der Waals surface area contributed by atoms with Crippen LogP contribution >= 0.6 is 15.9 Å². The second-order valence-corrected chi connectivity index (χ2v) is 7.09. The summed E-state index contributed by atoms with van der Waals surface area (Å²) in [5.74, 6) is -0.572. The van der Waals surface area contributed by atoms with Crippen LogP contribution in [0, 0.1) is 0 Å². The predicted octanol–water partition coefficient (Wildman–Crippen LogP) is -0.226. The number of aryl methyl sites for hydroxylation is 1. The first kappa shape index (κ1) is 20.6. The zero-order chi connectivity index (χ0) is 21.3. The average molecular weight is 465 g/mol. The number of anilines is 1. The topological polar surface area (TPSA) is 141 Å². The maximum Gasteiger partial charge on any atom is 0.332 e. The maximum atomic E-state index is 12.9. The van der Waals surface area contributed by atoms with E-state index in [4.69, 9.17) is 0 Å². The molecule has 0 atom stereocenters. The molecule has 29 heavy (non-hydrogen) atoms. The molecule has 0 fully saturated rings. The number of aliphatic hydroxyl groups excluding tert-OH is 1. The lowest BCUT2D eigenvalue weighted by atomic mass is 10.4. The van der Waals surface area contributed by atoms with E-state index in [1.165, 1.54) is 18.5 Å². The summed E-state index contributed by atoms with van der Waals surface area (Å²) in [6, 6.07) is 4.97. The molecular formula is C17H17BrN6O5. The standard InChI is InChI=1S/C17H17BrN6O5/c1-9(26)6-24-16(28)14-15(22(2)17(24)29)21-12(8-25)23(14)7-13(27)20-11-5-3-4-10(18)19-11/h3-5,25H,6-8H2,1-2H3,(H,19,20,27). The van der Waals surface area contributed by atoms with E-state index in [0.29, 0.717) is 10.4 Å². The first-order valence-corrected chi connectivity index (χ1v) is 9.24. The van der Waals surface area contributed by atoms with Gasteiger partial charge in [-0.05, 0) is 35.0 Å². The summed E-state index contributed by atoms with van der Waals surface area (Å²) in [6.45, 7) is -0.0637. The monoisotopic (exact) mass is 464 g/mol. The molecule has 0 bridgehead atoms. The van der Waals surface area contributed by atoms with E-state index < -0.39 is 30.3 Å². The second-order valence-electron chi connectivity index (χ2n) is 6.27. The van der Waals surface area contributed by atoms with E-state index in [1.54, 1.807) is 18.2 Å². The van der Waals surface area contributed by atoms with Crippen molar-refractivity contribution in [2.75, 3.05) is 5.32 Å². The molecule has 12 heteroatoms. The summed E-state index contributed by atoms with van der Waals surface area (Å²) in [5.41, 5.74) is -1.53. The van der Waals surface area contributed by atoms with Crippen molar-refractivity contribution in [1.29, 1.82) is 0 Å². The highest BCUT2D eigenvalue weighted by molar-refractivity contribution is 9.10. The molecular weight excluding hydrogens is 448 g/mol. The molecule has 0 radical (unpaired) electrons. The molecule has 0 aliphatic heterocycles. The van der Waals surface area contributed by atoms with Gasteiger partial charge in [-0.1, -0.05) is 6.07 Å². The quantitative estimate of drug-likeness (QED) is 0.480. The van der Waals surface area contributed by atoms with Crippen LogP contribution < -0.4 is 16.6 Å². The molecule has 3 rings (SSSR count). The van der Waals surface area contributed by atoms with Gasteiger partial charge in [0.1, 0.15) is 35.2 Å². The van der Waals surface area contributed by atoms with Crippen molar-refractivity contribution in [3.05, 3.63) is 49.5 Å². The largest absolute Gasteiger partial charge is 0.388 e. The number of carbonyl (C=O) groups is 2. The molecule has 3 aromatic rings. The van der Waals surface area contributed by atoms with Crippen LogP contribution in [-0.4, -0.2) is 40.5 Å². The highest BCUT2D eigenvalue weighted by Gasteiger charge is 2.22. The summed E-state index contributed by atoms with van der Waals surface area (Å²) in [5, 5.41) is 12.2. The van der Waals surface area contributed by atoms with E-state index in [0.717, 1.165) is 9.13 Å². The number of hydrogen-bond acceptors (Lipinski definition) is 7. The lowest BCUT2D eigenvalue weighted by molar-refractivity contribution is -0.118. The van der Waals surface area contributed by atoms with Crippen molar-refractivity contribution < 1.29 is 14.7 Å². The third kappa shape index (κ3) is 4.03. The minimum Gasteiger partial charge on any atom is -0.388 e. The number of amides is 1. The number of halogens is 1. The Morgan fingerprint density at radius 3 is 2.52 bits per heavy atom. The Morgan fingerprint density at radius 2 is 1.90 bits per heavy atom. The zero-order valence-corrected chi connectivity index (χ0v) is 17.1. The minimum atomic E-state index is -0.765. The van der Waals surface area contributed by atoms with E-state index in [9.17, 15) is 24.3 Å². The van der Waals surface area contributed by atoms with Gasteiger partial charge >= 0.3 is 5.69 Å². The normalized spacial score (nSPS) is 11.0. The highest BCUT2D eigenvalue weighted by Crippen LogP contribution is 2.13. The van der Waals surface area contributed by atoms with Crippen molar-refractivity contribution in [3.8, 4) is 0 Å². The Labute approximate surface area is 171 Å². The van der Waals surface area contributed by atoms with Crippen LogP contribution in [0.4, 0.5) is 5.82 Å². The molecule has 0 aromatic carbocycles. The first-order chi connectivity index (χ1) is 13.7. The van der Waals surface area contributed by atoms with Gasteiger partial charge in [0.2, 0.25) is 5.91 Å². The molecule has 0 spiro atoms. The Kier molecular flexibility index (Phi) is 5.75. The van der Waals surface area contributed by atoms with Gasteiger partial charge in [0.15, 0.2) is 11.2 Å². The van der Waals surface area contributed by atoms with Crippen molar-refractivity contribution >= 4 is 44.6 Å². The van der Waals surface area contributed by atoms with Crippen molar-refractivity contribution in [2.45, 2.75) is 26.6 Å². The van der Waals surface area contributed by atoms with Gasteiger partial charge in [-0.15, -0.1) is 0 Å². The van der Waals surface area contributed by atoms with Gasteiger partial charge in [-0.2, -0.15) is 0 Å². The van der Waals surface area contributed by atoms with E-state index >= 15 is 0 Å². The van der Waals surface area contributed by atoms with E-state index in [1.807, 2.05) is 0 Å². The van der Waals surface area contributed by atoms with Crippen molar-refractivity contribution in [3.63, 3.8) is 0 Å². The number of ketones is 1. The molecule has 0 unspecified atom stereocenters. The number of aliphatic hydroxyl groups is 1. The molecule has 3 heterocycles. The molecule has 11 nitrogen and oxygen atoms in total. The molecule has 0 saturated carbocycles.